The molecule has 8 heteroatoms. The van der Waals surface area contributed by atoms with Gasteiger partial charge in [-0.1, -0.05) is 6.92 Å². The van der Waals surface area contributed by atoms with Crippen LogP contribution in [0.3, 0.4) is 0 Å². The van der Waals surface area contributed by atoms with Gasteiger partial charge in [-0.15, -0.1) is 11.3 Å². The van der Waals surface area contributed by atoms with Gasteiger partial charge in [0.25, 0.3) is 0 Å². The first kappa shape index (κ1) is 16.2. The van der Waals surface area contributed by atoms with Crippen molar-refractivity contribution in [1.29, 1.82) is 0 Å². The Balaban J connectivity index is 2.04. The number of hydrogen-bond acceptors (Lipinski definition) is 5. The molecule has 116 valence electrons. The number of sulfonamides is 1. The molecule has 0 aliphatic heterocycles. The minimum atomic E-state index is -3.49. The van der Waals surface area contributed by atoms with Gasteiger partial charge < -0.3 is 9.88 Å². The lowest BCUT2D eigenvalue weighted by Gasteiger charge is -2.03. The molecule has 0 aliphatic carbocycles. The predicted octanol–water partition coefficient (Wildman–Crippen LogP) is 1.46. The highest BCUT2D eigenvalue weighted by molar-refractivity contribution is 7.89. The maximum atomic E-state index is 12.3. The molecule has 0 atom stereocenters. The lowest BCUT2D eigenvalue weighted by Crippen LogP contribution is -2.22. The van der Waals surface area contributed by atoms with Crippen LogP contribution in [0.5, 0.6) is 0 Å². The van der Waals surface area contributed by atoms with Crippen molar-refractivity contribution in [3.05, 3.63) is 34.5 Å². The normalized spacial score (nSPS) is 11.9. The van der Waals surface area contributed by atoms with Gasteiger partial charge in [-0.2, -0.15) is 0 Å². The summed E-state index contributed by atoms with van der Waals surface area (Å²) in [6, 6.07) is 1.71. The Bertz CT molecular complexity index is 662. The van der Waals surface area contributed by atoms with Crippen molar-refractivity contribution in [3.63, 3.8) is 0 Å². The van der Waals surface area contributed by atoms with E-state index in [1.807, 2.05) is 11.6 Å². The van der Waals surface area contributed by atoms with Crippen molar-refractivity contribution in [1.82, 2.24) is 19.6 Å². The van der Waals surface area contributed by atoms with Crippen molar-refractivity contribution in [2.45, 2.75) is 31.3 Å². The summed E-state index contributed by atoms with van der Waals surface area (Å²) < 4.78 is 29.0. The van der Waals surface area contributed by atoms with Gasteiger partial charge in [-0.05, 0) is 19.0 Å². The fourth-order valence-electron chi connectivity index (χ4n) is 1.87. The minimum Gasteiger partial charge on any atom is -0.352 e. The maximum absolute atomic E-state index is 12.3. The molecule has 0 bridgehead atoms. The van der Waals surface area contributed by atoms with Crippen LogP contribution in [0.2, 0.25) is 0 Å². The van der Waals surface area contributed by atoms with E-state index in [1.54, 1.807) is 24.0 Å². The van der Waals surface area contributed by atoms with Crippen LogP contribution < -0.4 is 10.0 Å². The van der Waals surface area contributed by atoms with Crippen LogP contribution in [0.15, 0.2) is 28.9 Å². The molecule has 0 aliphatic rings. The molecule has 0 spiro atoms. The molecule has 0 radical (unpaired) electrons. The van der Waals surface area contributed by atoms with Gasteiger partial charge in [0.05, 0.1) is 10.4 Å². The zero-order valence-corrected chi connectivity index (χ0v) is 13.8. The van der Waals surface area contributed by atoms with E-state index < -0.39 is 10.0 Å². The predicted molar refractivity (Wildman–Crippen MR) is 83.6 cm³/mol. The van der Waals surface area contributed by atoms with E-state index in [2.05, 4.69) is 21.9 Å². The second-order valence-corrected chi connectivity index (χ2v) is 7.48. The summed E-state index contributed by atoms with van der Waals surface area (Å²) in [5.41, 5.74) is 2.63. The van der Waals surface area contributed by atoms with Crippen LogP contribution >= 0.6 is 11.3 Å². The molecule has 2 rings (SSSR count). The van der Waals surface area contributed by atoms with Crippen LogP contribution in [0.4, 0.5) is 0 Å². The van der Waals surface area contributed by atoms with Crippen LogP contribution in [0.25, 0.3) is 0 Å². The Hall–Kier alpha value is -1.22. The summed E-state index contributed by atoms with van der Waals surface area (Å²) in [4.78, 5) is 5.11. The standard InChI is InChI=1S/C13H20N4O2S2/c1-3-4-14-6-11-5-13(9-17(11)2)21(18,19)16-8-12-7-15-10-20-12/h5,7,9-10,14,16H,3-4,6,8H2,1-2H3. The zero-order valence-electron chi connectivity index (χ0n) is 12.2. The number of nitrogens with one attached hydrogen (secondary N) is 2. The minimum absolute atomic E-state index is 0.269. The van der Waals surface area contributed by atoms with E-state index in [4.69, 9.17) is 0 Å². The monoisotopic (exact) mass is 328 g/mol. The number of thiazole rings is 1. The molecule has 0 saturated heterocycles. The molecule has 21 heavy (non-hydrogen) atoms. The molecule has 0 aromatic carbocycles. The second-order valence-electron chi connectivity index (χ2n) is 4.75. The van der Waals surface area contributed by atoms with Gasteiger partial charge in [-0.25, -0.2) is 13.1 Å². The van der Waals surface area contributed by atoms with Crippen LogP contribution in [0, 0.1) is 0 Å². The molecule has 6 nitrogen and oxygen atoms in total. The van der Waals surface area contributed by atoms with Crippen molar-refractivity contribution in [2.24, 2.45) is 7.05 Å². The third-order valence-electron chi connectivity index (χ3n) is 3.05. The van der Waals surface area contributed by atoms with E-state index in [0.29, 0.717) is 11.4 Å². The SMILES string of the molecule is CCCNCc1cc(S(=O)(=O)NCc2cncs2)cn1C. The van der Waals surface area contributed by atoms with Gasteiger partial charge in [0.15, 0.2) is 0 Å². The molecule has 2 aromatic heterocycles. The summed E-state index contributed by atoms with van der Waals surface area (Å²) in [5.74, 6) is 0. The Morgan fingerprint density at radius 1 is 1.38 bits per heavy atom. The molecule has 0 fully saturated rings. The first-order valence-electron chi connectivity index (χ1n) is 6.76. The summed E-state index contributed by atoms with van der Waals surface area (Å²) in [6.45, 7) is 3.94. The highest BCUT2D eigenvalue weighted by atomic mass is 32.2. The fourth-order valence-corrected chi connectivity index (χ4v) is 3.60. The third kappa shape index (κ3) is 4.37. The molecule has 0 unspecified atom stereocenters. The zero-order chi connectivity index (χ0) is 15.3. The molecular formula is C13H20N4O2S2. The number of aryl methyl sites for hydroxylation is 1. The van der Waals surface area contributed by atoms with Crippen molar-refractivity contribution in [3.8, 4) is 0 Å². The van der Waals surface area contributed by atoms with Gasteiger partial charge >= 0.3 is 0 Å². The first-order valence-corrected chi connectivity index (χ1v) is 9.12. The Labute approximate surface area is 129 Å². The summed E-state index contributed by atoms with van der Waals surface area (Å²) in [7, 11) is -1.64. The number of rotatable bonds is 8. The summed E-state index contributed by atoms with van der Waals surface area (Å²) in [6.07, 6.45) is 4.35. The molecule has 2 N–H and O–H groups in total. The maximum Gasteiger partial charge on any atom is 0.242 e. The van der Waals surface area contributed by atoms with Gasteiger partial charge in [0.2, 0.25) is 10.0 Å². The van der Waals surface area contributed by atoms with E-state index in [0.717, 1.165) is 23.5 Å². The Kier molecular flexibility index (Phi) is 5.51. The number of hydrogen-bond donors (Lipinski definition) is 2. The highest BCUT2D eigenvalue weighted by Crippen LogP contribution is 2.14. The topological polar surface area (TPSA) is 76.0 Å². The highest BCUT2D eigenvalue weighted by Gasteiger charge is 2.17. The van der Waals surface area contributed by atoms with E-state index in [-0.39, 0.29) is 6.54 Å². The molecule has 0 amide bonds. The molecule has 2 aromatic rings. The largest absolute Gasteiger partial charge is 0.352 e. The van der Waals surface area contributed by atoms with E-state index in [1.165, 1.54) is 11.3 Å². The van der Waals surface area contributed by atoms with Crippen LogP contribution in [-0.4, -0.2) is 24.5 Å². The lowest BCUT2D eigenvalue weighted by atomic mass is 10.4. The average Bonchev–Trinajstić information content (AvgIpc) is 3.07. The van der Waals surface area contributed by atoms with Crippen molar-refractivity contribution in [2.75, 3.05) is 6.54 Å². The Morgan fingerprint density at radius 3 is 2.86 bits per heavy atom. The van der Waals surface area contributed by atoms with Crippen LogP contribution in [0.1, 0.15) is 23.9 Å². The molecule has 0 saturated carbocycles. The Morgan fingerprint density at radius 2 is 2.19 bits per heavy atom. The van der Waals surface area contributed by atoms with Crippen molar-refractivity contribution >= 4 is 21.4 Å². The second kappa shape index (κ2) is 7.17. The summed E-state index contributed by atoms with van der Waals surface area (Å²) >= 11 is 1.43. The lowest BCUT2D eigenvalue weighted by molar-refractivity contribution is 0.581. The summed E-state index contributed by atoms with van der Waals surface area (Å²) in [5, 5.41) is 3.27. The number of aromatic nitrogens is 2. The van der Waals surface area contributed by atoms with Crippen LogP contribution in [-0.2, 0) is 30.2 Å². The average molecular weight is 328 g/mol. The molecule has 2 heterocycles. The fraction of sp³-hybridized carbons (Fsp3) is 0.462. The third-order valence-corrected chi connectivity index (χ3v) is 5.19. The van der Waals surface area contributed by atoms with Gasteiger partial charge in [0, 0.05) is 43.1 Å². The first-order chi connectivity index (χ1) is 10.0. The van der Waals surface area contributed by atoms with E-state index in [9.17, 15) is 8.42 Å². The van der Waals surface area contributed by atoms with Gasteiger partial charge in [-0.3, -0.25) is 4.98 Å². The van der Waals surface area contributed by atoms with Gasteiger partial charge in [0.1, 0.15) is 0 Å². The van der Waals surface area contributed by atoms with Crippen molar-refractivity contribution < 1.29 is 8.42 Å². The smallest absolute Gasteiger partial charge is 0.242 e. The van der Waals surface area contributed by atoms with E-state index >= 15 is 0 Å². The number of nitrogens with zero attached hydrogens (tertiary/aromatic N) is 2. The quantitative estimate of drug-likeness (QED) is 0.719. The molecular weight excluding hydrogens is 308 g/mol.